The third-order valence-corrected chi connectivity index (χ3v) is 4.71. The van der Waals surface area contributed by atoms with E-state index in [0.717, 1.165) is 12.1 Å². The van der Waals surface area contributed by atoms with E-state index >= 15 is 0 Å². The molecular formula is C17H18F2N2O4S. The van der Waals surface area contributed by atoms with E-state index in [0.29, 0.717) is 18.3 Å². The number of benzene rings is 2. The summed E-state index contributed by atoms with van der Waals surface area (Å²) in [6, 6.07) is 6.36. The van der Waals surface area contributed by atoms with Crippen LogP contribution in [0.3, 0.4) is 0 Å². The minimum absolute atomic E-state index is 0.0149. The summed E-state index contributed by atoms with van der Waals surface area (Å²) < 4.78 is 59.2. The first kappa shape index (κ1) is 19.6. The van der Waals surface area contributed by atoms with Gasteiger partial charge >= 0.3 is 5.97 Å². The number of esters is 1. The Balaban J connectivity index is 2.46. The second-order valence-electron chi connectivity index (χ2n) is 5.19. The average molecular weight is 384 g/mol. The van der Waals surface area contributed by atoms with Gasteiger partial charge in [0.1, 0.15) is 16.5 Å². The Labute approximate surface area is 150 Å². The number of ether oxygens (including phenoxy) is 1. The standard InChI is InChI=1S/C17H18F2N2O4S/c1-3-20-14-8-5-11(17(22)25-4-2)9-15(14)21-26(23,24)16-10-12(18)6-7-13(16)19/h5-10,20-21H,3-4H2,1-2H3. The van der Waals surface area contributed by atoms with E-state index in [1.54, 1.807) is 13.8 Å². The smallest absolute Gasteiger partial charge is 0.338 e. The van der Waals surface area contributed by atoms with Gasteiger partial charge in [-0.15, -0.1) is 0 Å². The molecule has 26 heavy (non-hydrogen) atoms. The van der Waals surface area contributed by atoms with Gasteiger partial charge in [-0.2, -0.15) is 0 Å². The molecule has 0 radical (unpaired) electrons. The lowest BCUT2D eigenvalue weighted by Gasteiger charge is -2.15. The summed E-state index contributed by atoms with van der Waals surface area (Å²) in [6.07, 6.45) is 0. The Bertz CT molecular complexity index is 917. The van der Waals surface area contributed by atoms with Gasteiger partial charge in [-0.25, -0.2) is 22.0 Å². The molecule has 0 aliphatic heterocycles. The minimum atomic E-state index is -4.42. The van der Waals surface area contributed by atoms with Crippen LogP contribution >= 0.6 is 0 Å². The molecule has 0 aromatic heterocycles. The van der Waals surface area contributed by atoms with Gasteiger partial charge in [0.2, 0.25) is 0 Å². The van der Waals surface area contributed by atoms with Crippen LogP contribution in [0.15, 0.2) is 41.3 Å². The molecule has 0 saturated heterocycles. The monoisotopic (exact) mass is 384 g/mol. The van der Waals surface area contributed by atoms with Crippen molar-refractivity contribution in [2.75, 3.05) is 23.2 Å². The summed E-state index contributed by atoms with van der Waals surface area (Å²) in [5.41, 5.74) is 0.507. The van der Waals surface area contributed by atoms with Crippen molar-refractivity contribution in [3.05, 3.63) is 53.6 Å². The quantitative estimate of drug-likeness (QED) is 0.715. The summed E-state index contributed by atoms with van der Waals surface area (Å²) >= 11 is 0. The largest absolute Gasteiger partial charge is 0.462 e. The second kappa shape index (κ2) is 8.13. The molecule has 0 saturated carbocycles. The lowest BCUT2D eigenvalue weighted by Crippen LogP contribution is -2.17. The second-order valence-corrected chi connectivity index (χ2v) is 6.84. The minimum Gasteiger partial charge on any atom is -0.462 e. The number of halogens is 2. The van der Waals surface area contributed by atoms with Crippen molar-refractivity contribution in [3.8, 4) is 0 Å². The SMILES string of the molecule is CCNc1ccc(C(=O)OCC)cc1NS(=O)(=O)c1cc(F)ccc1F. The molecule has 0 amide bonds. The fraction of sp³-hybridized carbons (Fsp3) is 0.235. The molecular weight excluding hydrogens is 366 g/mol. The van der Waals surface area contributed by atoms with Gasteiger partial charge in [0.15, 0.2) is 0 Å². The normalized spacial score (nSPS) is 11.1. The number of nitrogens with one attached hydrogen (secondary N) is 2. The highest BCUT2D eigenvalue weighted by molar-refractivity contribution is 7.92. The molecule has 0 spiro atoms. The molecule has 6 nitrogen and oxygen atoms in total. The third-order valence-electron chi connectivity index (χ3n) is 3.33. The molecule has 9 heteroatoms. The number of carbonyl (C=O) groups is 1. The van der Waals surface area contributed by atoms with Gasteiger partial charge in [-0.3, -0.25) is 4.72 Å². The summed E-state index contributed by atoms with van der Waals surface area (Å²) in [7, 11) is -4.42. The zero-order chi connectivity index (χ0) is 19.3. The molecule has 2 rings (SSSR count). The van der Waals surface area contributed by atoms with Gasteiger partial charge in [0.05, 0.1) is 23.5 Å². The molecule has 0 atom stereocenters. The fourth-order valence-corrected chi connectivity index (χ4v) is 3.36. The van der Waals surface area contributed by atoms with Crippen molar-refractivity contribution in [2.24, 2.45) is 0 Å². The van der Waals surface area contributed by atoms with E-state index < -0.39 is 32.5 Å². The molecule has 0 fully saturated rings. The number of hydrogen-bond donors (Lipinski definition) is 2. The lowest BCUT2D eigenvalue weighted by atomic mass is 10.1. The maximum atomic E-state index is 13.8. The Morgan fingerprint density at radius 3 is 2.46 bits per heavy atom. The first-order valence-corrected chi connectivity index (χ1v) is 9.29. The van der Waals surface area contributed by atoms with Crippen LogP contribution in [0.2, 0.25) is 0 Å². The zero-order valence-electron chi connectivity index (χ0n) is 14.2. The van der Waals surface area contributed by atoms with Crippen LogP contribution in [-0.2, 0) is 14.8 Å². The van der Waals surface area contributed by atoms with Crippen molar-refractivity contribution in [2.45, 2.75) is 18.7 Å². The van der Waals surface area contributed by atoms with Crippen molar-refractivity contribution < 1.29 is 26.7 Å². The highest BCUT2D eigenvalue weighted by atomic mass is 32.2. The predicted octanol–water partition coefficient (Wildman–Crippen LogP) is 3.37. The summed E-state index contributed by atoms with van der Waals surface area (Å²) in [5.74, 6) is -2.61. The molecule has 0 bridgehead atoms. The fourth-order valence-electron chi connectivity index (χ4n) is 2.20. The Kier molecular flexibility index (Phi) is 6.14. The molecule has 2 N–H and O–H groups in total. The first-order valence-electron chi connectivity index (χ1n) is 7.81. The zero-order valence-corrected chi connectivity index (χ0v) is 15.0. The van der Waals surface area contributed by atoms with Crippen LogP contribution in [0.5, 0.6) is 0 Å². The van der Waals surface area contributed by atoms with Gasteiger partial charge in [0, 0.05) is 6.54 Å². The first-order chi connectivity index (χ1) is 12.3. The molecule has 140 valence electrons. The van der Waals surface area contributed by atoms with Crippen molar-refractivity contribution in [1.82, 2.24) is 0 Å². The predicted molar refractivity (Wildman–Crippen MR) is 93.7 cm³/mol. The van der Waals surface area contributed by atoms with E-state index in [4.69, 9.17) is 4.74 Å². The van der Waals surface area contributed by atoms with Crippen molar-refractivity contribution >= 4 is 27.4 Å². The Morgan fingerprint density at radius 2 is 1.81 bits per heavy atom. The number of carbonyl (C=O) groups excluding carboxylic acids is 1. The molecule has 0 heterocycles. The molecule has 0 aliphatic carbocycles. The highest BCUT2D eigenvalue weighted by Crippen LogP contribution is 2.27. The van der Waals surface area contributed by atoms with Crippen LogP contribution in [0.4, 0.5) is 20.2 Å². The van der Waals surface area contributed by atoms with Crippen LogP contribution in [-0.4, -0.2) is 27.5 Å². The number of anilines is 2. The summed E-state index contributed by atoms with van der Waals surface area (Å²) in [4.78, 5) is 11.0. The van der Waals surface area contributed by atoms with Gasteiger partial charge in [-0.05, 0) is 50.2 Å². The van der Waals surface area contributed by atoms with Crippen LogP contribution in [0.1, 0.15) is 24.2 Å². The molecule has 2 aromatic rings. The number of hydrogen-bond acceptors (Lipinski definition) is 5. The Hall–Kier alpha value is -2.68. The van der Waals surface area contributed by atoms with Crippen molar-refractivity contribution in [1.29, 1.82) is 0 Å². The van der Waals surface area contributed by atoms with E-state index in [9.17, 15) is 22.0 Å². The molecule has 0 unspecified atom stereocenters. The van der Waals surface area contributed by atoms with Crippen LogP contribution in [0.25, 0.3) is 0 Å². The number of sulfonamides is 1. The van der Waals surface area contributed by atoms with E-state index in [1.165, 1.54) is 18.2 Å². The average Bonchev–Trinajstić information content (AvgIpc) is 2.58. The summed E-state index contributed by atoms with van der Waals surface area (Å²) in [5, 5.41) is 2.93. The Morgan fingerprint density at radius 1 is 1.08 bits per heavy atom. The van der Waals surface area contributed by atoms with Gasteiger partial charge in [-0.1, -0.05) is 0 Å². The van der Waals surface area contributed by atoms with Gasteiger partial charge < -0.3 is 10.1 Å². The summed E-state index contributed by atoms with van der Waals surface area (Å²) in [6.45, 7) is 4.07. The van der Waals surface area contributed by atoms with E-state index in [-0.39, 0.29) is 17.9 Å². The maximum Gasteiger partial charge on any atom is 0.338 e. The lowest BCUT2D eigenvalue weighted by molar-refractivity contribution is 0.0526. The molecule has 0 aliphatic rings. The maximum absolute atomic E-state index is 13.8. The number of rotatable bonds is 7. The van der Waals surface area contributed by atoms with Crippen LogP contribution in [0, 0.1) is 11.6 Å². The van der Waals surface area contributed by atoms with Gasteiger partial charge in [0.25, 0.3) is 10.0 Å². The van der Waals surface area contributed by atoms with E-state index in [1.807, 2.05) is 0 Å². The molecule has 2 aromatic carbocycles. The van der Waals surface area contributed by atoms with E-state index in [2.05, 4.69) is 10.0 Å². The topological polar surface area (TPSA) is 84.5 Å². The van der Waals surface area contributed by atoms with Crippen molar-refractivity contribution in [3.63, 3.8) is 0 Å². The highest BCUT2D eigenvalue weighted by Gasteiger charge is 2.22. The van der Waals surface area contributed by atoms with Crippen LogP contribution < -0.4 is 10.0 Å². The third kappa shape index (κ3) is 4.48.